The van der Waals surface area contributed by atoms with Gasteiger partial charge >= 0.3 is 5.97 Å². The highest BCUT2D eigenvalue weighted by molar-refractivity contribution is 7.13. The zero-order valence-electron chi connectivity index (χ0n) is 13.0. The number of carbonyl (C=O) groups excluding carboxylic acids is 1. The Morgan fingerprint density at radius 1 is 1.45 bits per heavy atom. The average Bonchev–Trinajstić information content (AvgIpc) is 3.11. The molecule has 0 aliphatic heterocycles. The Morgan fingerprint density at radius 2 is 2.14 bits per heavy atom. The van der Waals surface area contributed by atoms with E-state index in [1.165, 1.54) is 24.2 Å². The van der Waals surface area contributed by atoms with Crippen LogP contribution in [0.4, 0.5) is 0 Å². The third-order valence-corrected chi connectivity index (χ3v) is 5.25. The predicted octanol–water partition coefficient (Wildman–Crippen LogP) is 3.26. The Labute approximate surface area is 134 Å². The lowest BCUT2D eigenvalue weighted by atomic mass is 10.1. The van der Waals surface area contributed by atoms with Crippen LogP contribution in [0, 0.1) is 6.92 Å². The minimum atomic E-state index is -1.02. The molecule has 2 N–H and O–H groups in total. The van der Waals surface area contributed by atoms with E-state index < -0.39 is 12.0 Å². The zero-order chi connectivity index (χ0) is 16.1. The standard InChI is InChI=1S/C16H22N2O3S/c1-3-4-9-12(16(20)21)18-14(19)13-10(2)17-15(22-13)11-7-5-6-8-11/h3-4,11-12H,5-9H2,1-2H3,(H,18,19)(H,20,21)/b4-3+. The van der Waals surface area contributed by atoms with Crippen LogP contribution >= 0.6 is 11.3 Å². The molecule has 1 heterocycles. The van der Waals surface area contributed by atoms with Gasteiger partial charge in [-0.2, -0.15) is 0 Å². The van der Waals surface area contributed by atoms with Crippen LogP contribution in [-0.4, -0.2) is 28.0 Å². The molecule has 0 aromatic carbocycles. The Kier molecular flexibility index (Phi) is 5.71. The van der Waals surface area contributed by atoms with E-state index in [0.717, 1.165) is 17.8 Å². The van der Waals surface area contributed by atoms with Crippen molar-refractivity contribution in [1.29, 1.82) is 0 Å². The second-order valence-corrected chi connectivity index (χ2v) is 6.65. The molecule has 22 heavy (non-hydrogen) atoms. The number of nitrogens with one attached hydrogen (secondary N) is 1. The van der Waals surface area contributed by atoms with Crippen LogP contribution < -0.4 is 5.32 Å². The number of allylic oxidation sites excluding steroid dienone is 1. The van der Waals surface area contributed by atoms with Crippen LogP contribution in [0.3, 0.4) is 0 Å². The van der Waals surface area contributed by atoms with E-state index >= 15 is 0 Å². The molecule has 0 spiro atoms. The molecule has 6 heteroatoms. The average molecular weight is 322 g/mol. The number of aromatic nitrogens is 1. The van der Waals surface area contributed by atoms with Crippen molar-refractivity contribution in [2.24, 2.45) is 0 Å². The molecule has 0 bridgehead atoms. The van der Waals surface area contributed by atoms with Crippen LogP contribution in [0.2, 0.25) is 0 Å². The van der Waals surface area contributed by atoms with Crippen molar-refractivity contribution in [3.05, 3.63) is 27.7 Å². The first-order chi connectivity index (χ1) is 10.5. The monoisotopic (exact) mass is 322 g/mol. The molecule has 0 saturated heterocycles. The van der Waals surface area contributed by atoms with Crippen molar-refractivity contribution in [2.75, 3.05) is 0 Å². The molecule has 0 radical (unpaired) electrons. The number of rotatable bonds is 6. The van der Waals surface area contributed by atoms with Crippen molar-refractivity contribution >= 4 is 23.2 Å². The van der Waals surface area contributed by atoms with Gasteiger partial charge in [0, 0.05) is 5.92 Å². The molecular weight excluding hydrogens is 300 g/mol. The molecule has 1 unspecified atom stereocenters. The fourth-order valence-corrected chi connectivity index (χ4v) is 3.83. The third kappa shape index (κ3) is 3.94. The van der Waals surface area contributed by atoms with Gasteiger partial charge in [-0.25, -0.2) is 9.78 Å². The maximum Gasteiger partial charge on any atom is 0.326 e. The van der Waals surface area contributed by atoms with Gasteiger partial charge in [-0.3, -0.25) is 4.79 Å². The van der Waals surface area contributed by atoms with Gasteiger partial charge in [-0.15, -0.1) is 11.3 Å². The van der Waals surface area contributed by atoms with Gasteiger partial charge in [-0.05, 0) is 33.1 Å². The second-order valence-electron chi connectivity index (χ2n) is 5.62. The Balaban J connectivity index is 2.09. The van der Waals surface area contributed by atoms with E-state index in [1.807, 2.05) is 13.8 Å². The van der Waals surface area contributed by atoms with Crippen LogP contribution in [0.5, 0.6) is 0 Å². The highest BCUT2D eigenvalue weighted by atomic mass is 32.1. The molecule has 1 aromatic heterocycles. The molecule has 1 aromatic rings. The van der Waals surface area contributed by atoms with E-state index in [2.05, 4.69) is 10.3 Å². The summed E-state index contributed by atoms with van der Waals surface area (Å²) in [5.74, 6) is -0.899. The normalized spacial score (nSPS) is 17.0. The number of thiazole rings is 1. The second kappa shape index (κ2) is 7.54. The number of amides is 1. The molecule has 1 amide bonds. The first kappa shape index (κ1) is 16.7. The van der Waals surface area contributed by atoms with Crippen LogP contribution in [0.25, 0.3) is 0 Å². The van der Waals surface area contributed by atoms with E-state index in [4.69, 9.17) is 0 Å². The number of aliphatic carboxylic acids is 1. The number of carboxylic acid groups (broad SMARTS) is 1. The molecule has 1 aliphatic carbocycles. The summed E-state index contributed by atoms with van der Waals surface area (Å²) in [6.45, 7) is 3.63. The summed E-state index contributed by atoms with van der Waals surface area (Å²) in [4.78, 5) is 28.6. The Morgan fingerprint density at radius 3 is 2.73 bits per heavy atom. The number of hydrogen-bond donors (Lipinski definition) is 2. The number of aryl methyl sites for hydroxylation is 1. The van der Waals surface area contributed by atoms with Gasteiger partial charge in [0.1, 0.15) is 10.9 Å². The summed E-state index contributed by atoms with van der Waals surface area (Å²) in [5, 5.41) is 12.8. The molecule has 5 nitrogen and oxygen atoms in total. The van der Waals surface area contributed by atoms with Gasteiger partial charge in [0.05, 0.1) is 10.7 Å². The van der Waals surface area contributed by atoms with Crippen molar-refractivity contribution < 1.29 is 14.7 Å². The van der Waals surface area contributed by atoms with Gasteiger partial charge in [0.25, 0.3) is 5.91 Å². The first-order valence-electron chi connectivity index (χ1n) is 7.65. The fraction of sp³-hybridized carbons (Fsp3) is 0.562. The summed E-state index contributed by atoms with van der Waals surface area (Å²) in [7, 11) is 0. The minimum Gasteiger partial charge on any atom is -0.480 e. The van der Waals surface area contributed by atoms with Crippen LogP contribution in [0.1, 0.15) is 65.3 Å². The van der Waals surface area contributed by atoms with Crippen molar-refractivity contribution in [3.63, 3.8) is 0 Å². The lowest BCUT2D eigenvalue weighted by Crippen LogP contribution is -2.40. The van der Waals surface area contributed by atoms with Gasteiger partial charge < -0.3 is 10.4 Å². The minimum absolute atomic E-state index is 0.283. The van der Waals surface area contributed by atoms with Crippen LogP contribution in [0.15, 0.2) is 12.2 Å². The lowest BCUT2D eigenvalue weighted by Gasteiger charge is -2.11. The van der Waals surface area contributed by atoms with E-state index in [1.54, 1.807) is 12.2 Å². The third-order valence-electron chi connectivity index (χ3n) is 3.93. The van der Waals surface area contributed by atoms with Gasteiger partial charge in [-0.1, -0.05) is 25.0 Å². The topological polar surface area (TPSA) is 79.3 Å². The molecule has 1 aliphatic rings. The number of nitrogens with zero attached hydrogens (tertiary/aromatic N) is 1. The van der Waals surface area contributed by atoms with Crippen molar-refractivity contribution in [3.8, 4) is 0 Å². The molecule has 120 valence electrons. The van der Waals surface area contributed by atoms with Gasteiger partial charge in [0.2, 0.25) is 0 Å². The molecule has 2 rings (SSSR count). The number of carbonyl (C=O) groups is 2. The summed E-state index contributed by atoms with van der Waals surface area (Å²) >= 11 is 1.41. The maximum absolute atomic E-state index is 12.3. The van der Waals surface area contributed by atoms with Crippen molar-refractivity contribution in [2.45, 2.75) is 57.9 Å². The summed E-state index contributed by atoms with van der Waals surface area (Å²) in [6, 6.07) is -0.903. The fourth-order valence-electron chi connectivity index (χ4n) is 2.69. The summed E-state index contributed by atoms with van der Waals surface area (Å²) in [6.07, 6.45) is 8.50. The summed E-state index contributed by atoms with van der Waals surface area (Å²) in [5.41, 5.74) is 0.694. The smallest absolute Gasteiger partial charge is 0.326 e. The molecule has 1 atom stereocenters. The zero-order valence-corrected chi connectivity index (χ0v) is 13.8. The highest BCUT2D eigenvalue weighted by Crippen LogP contribution is 2.37. The quantitative estimate of drug-likeness (QED) is 0.788. The first-order valence-corrected chi connectivity index (χ1v) is 8.46. The SMILES string of the molecule is C/C=C/CC(NC(=O)c1sc(C2CCCC2)nc1C)C(=O)O. The van der Waals surface area contributed by atoms with Crippen molar-refractivity contribution in [1.82, 2.24) is 10.3 Å². The molecular formula is C16H22N2O3S. The lowest BCUT2D eigenvalue weighted by molar-refractivity contribution is -0.139. The maximum atomic E-state index is 12.3. The summed E-state index contributed by atoms with van der Waals surface area (Å²) < 4.78 is 0. The molecule has 1 saturated carbocycles. The number of hydrogen-bond acceptors (Lipinski definition) is 4. The largest absolute Gasteiger partial charge is 0.480 e. The Hall–Kier alpha value is -1.69. The van der Waals surface area contributed by atoms with E-state index in [-0.39, 0.29) is 12.3 Å². The van der Waals surface area contributed by atoms with E-state index in [0.29, 0.717) is 16.5 Å². The predicted molar refractivity (Wildman–Crippen MR) is 86.4 cm³/mol. The Bertz CT molecular complexity index is 574. The van der Waals surface area contributed by atoms with Crippen LogP contribution in [-0.2, 0) is 4.79 Å². The molecule has 1 fully saturated rings. The van der Waals surface area contributed by atoms with Gasteiger partial charge in [0.15, 0.2) is 0 Å². The highest BCUT2D eigenvalue weighted by Gasteiger charge is 2.26. The number of carboxylic acids is 1. The van der Waals surface area contributed by atoms with E-state index in [9.17, 15) is 14.7 Å².